The van der Waals surface area contributed by atoms with Gasteiger partial charge in [0.15, 0.2) is 5.96 Å². The molecule has 1 heterocycles. The number of nitrogens with zero attached hydrogens (tertiary/aromatic N) is 2. The summed E-state index contributed by atoms with van der Waals surface area (Å²) in [4.78, 5) is 7.31. The first-order chi connectivity index (χ1) is 15.0. The molecule has 0 radical (unpaired) electrons. The van der Waals surface area contributed by atoms with Gasteiger partial charge in [-0.1, -0.05) is 44.2 Å². The van der Waals surface area contributed by atoms with Crippen molar-refractivity contribution in [3.8, 4) is 0 Å². The van der Waals surface area contributed by atoms with Crippen LogP contribution in [0.25, 0.3) is 0 Å². The molecule has 0 saturated carbocycles. The Morgan fingerprint density at radius 3 is 2.52 bits per heavy atom. The normalized spacial score (nSPS) is 18.6. The maximum absolute atomic E-state index is 10.4. The first-order valence-electron chi connectivity index (χ1n) is 11.7. The van der Waals surface area contributed by atoms with E-state index in [1.54, 1.807) is 0 Å². The third kappa shape index (κ3) is 9.99. The standard InChI is InChI=1S/C24H42N4O3/c1-5-25-24(26-16-22(15-19(2)3)28-11-13-30-14-12-28)27-17-23(29)18-31-20(4)21-9-7-6-8-10-21/h6-10,19-20,22-23,29H,5,11-18H2,1-4H3,(H2,25,26,27). The van der Waals surface area contributed by atoms with Crippen LogP contribution in [0.3, 0.4) is 0 Å². The molecule has 1 saturated heterocycles. The van der Waals surface area contributed by atoms with Crippen molar-refractivity contribution in [2.45, 2.75) is 52.4 Å². The average Bonchev–Trinajstić information content (AvgIpc) is 2.79. The molecule has 3 N–H and O–H groups in total. The molecule has 7 nitrogen and oxygen atoms in total. The summed E-state index contributed by atoms with van der Waals surface area (Å²) in [5, 5.41) is 16.9. The number of morpholine rings is 1. The van der Waals surface area contributed by atoms with E-state index in [9.17, 15) is 5.11 Å². The summed E-state index contributed by atoms with van der Waals surface area (Å²) in [6, 6.07) is 10.5. The van der Waals surface area contributed by atoms with Crippen molar-refractivity contribution in [3.63, 3.8) is 0 Å². The molecular weight excluding hydrogens is 392 g/mol. The van der Waals surface area contributed by atoms with E-state index in [0.717, 1.165) is 57.3 Å². The van der Waals surface area contributed by atoms with Gasteiger partial charge in [0.1, 0.15) is 0 Å². The molecule has 31 heavy (non-hydrogen) atoms. The second kappa shape index (κ2) is 14.4. The second-order valence-electron chi connectivity index (χ2n) is 8.57. The van der Waals surface area contributed by atoms with Crippen LogP contribution in [-0.2, 0) is 9.47 Å². The Morgan fingerprint density at radius 1 is 1.16 bits per heavy atom. The number of aliphatic imine (C=N–C) groups is 1. The first kappa shape index (κ1) is 25.6. The molecule has 0 amide bonds. The zero-order valence-electron chi connectivity index (χ0n) is 19.7. The fraction of sp³-hybridized carbons (Fsp3) is 0.708. The molecule has 3 atom stereocenters. The van der Waals surface area contributed by atoms with Crippen LogP contribution in [0, 0.1) is 5.92 Å². The average molecular weight is 435 g/mol. The lowest BCUT2D eigenvalue weighted by atomic mass is 10.0. The minimum absolute atomic E-state index is 0.0527. The van der Waals surface area contributed by atoms with Gasteiger partial charge in [-0.05, 0) is 31.7 Å². The highest BCUT2D eigenvalue weighted by atomic mass is 16.5. The van der Waals surface area contributed by atoms with Crippen LogP contribution in [0.2, 0.25) is 0 Å². The third-order valence-electron chi connectivity index (χ3n) is 5.42. The molecule has 2 rings (SSSR count). The summed E-state index contributed by atoms with van der Waals surface area (Å²) in [6.07, 6.45) is 0.445. The van der Waals surface area contributed by atoms with Crippen molar-refractivity contribution in [2.24, 2.45) is 10.9 Å². The van der Waals surface area contributed by atoms with E-state index in [4.69, 9.17) is 14.5 Å². The molecule has 176 valence electrons. The zero-order chi connectivity index (χ0) is 22.5. The first-order valence-corrected chi connectivity index (χ1v) is 11.7. The summed E-state index contributed by atoms with van der Waals surface area (Å²) >= 11 is 0. The van der Waals surface area contributed by atoms with E-state index in [1.165, 1.54) is 0 Å². The Morgan fingerprint density at radius 2 is 1.87 bits per heavy atom. The number of benzene rings is 1. The van der Waals surface area contributed by atoms with Gasteiger partial charge >= 0.3 is 0 Å². The minimum atomic E-state index is -0.610. The Kier molecular flexibility index (Phi) is 11.9. The van der Waals surface area contributed by atoms with Gasteiger partial charge in [-0.2, -0.15) is 0 Å². The molecule has 1 aromatic carbocycles. The van der Waals surface area contributed by atoms with Crippen LogP contribution in [0.4, 0.5) is 0 Å². The Hall–Kier alpha value is -1.67. The van der Waals surface area contributed by atoms with Gasteiger partial charge in [0.25, 0.3) is 0 Å². The number of hydrogen-bond donors (Lipinski definition) is 3. The molecule has 0 aliphatic carbocycles. The van der Waals surface area contributed by atoms with Crippen LogP contribution in [0.15, 0.2) is 35.3 Å². The number of ether oxygens (including phenoxy) is 2. The summed E-state index contributed by atoms with van der Waals surface area (Å²) in [6.45, 7) is 14.2. The van der Waals surface area contributed by atoms with E-state index in [0.29, 0.717) is 18.5 Å². The highest BCUT2D eigenvalue weighted by Gasteiger charge is 2.22. The molecule has 1 aromatic rings. The van der Waals surface area contributed by atoms with Gasteiger partial charge in [0.05, 0.1) is 38.6 Å². The van der Waals surface area contributed by atoms with Crippen LogP contribution in [0.5, 0.6) is 0 Å². The third-order valence-corrected chi connectivity index (χ3v) is 5.42. The van der Waals surface area contributed by atoms with E-state index in [1.807, 2.05) is 44.2 Å². The Balaban J connectivity index is 1.83. The topological polar surface area (TPSA) is 78.4 Å². The SMILES string of the molecule is CCNC(=NCC(CC(C)C)N1CCOCC1)NCC(O)COC(C)c1ccccc1. The summed E-state index contributed by atoms with van der Waals surface area (Å²) in [5.74, 6) is 1.35. The van der Waals surface area contributed by atoms with Crippen molar-refractivity contribution in [2.75, 3.05) is 52.5 Å². The molecular formula is C24H42N4O3. The van der Waals surface area contributed by atoms with E-state index >= 15 is 0 Å². The fourth-order valence-corrected chi connectivity index (χ4v) is 3.71. The van der Waals surface area contributed by atoms with E-state index < -0.39 is 6.10 Å². The quantitative estimate of drug-likeness (QED) is 0.346. The summed E-state index contributed by atoms with van der Waals surface area (Å²) in [5.41, 5.74) is 1.11. The summed E-state index contributed by atoms with van der Waals surface area (Å²) in [7, 11) is 0. The maximum atomic E-state index is 10.4. The lowest BCUT2D eigenvalue weighted by Gasteiger charge is -2.34. The molecule has 7 heteroatoms. The molecule has 0 bridgehead atoms. The molecule has 0 spiro atoms. The van der Waals surface area contributed by atoms with Crippen LogP contribution in [0.1, 0.15) is 45.8 Å². The second-order valence-corrected chi connectivity index (χ2v) is 8.57. The number of rotatable bonds is 12. The van der Waals surface area contributed by atoms with Crippen molar-refractivity contribution in [3.05, 3.63) is 35.9 Å². The molecule has 1 fully saturated rings. The van der Waals surface area contributed by atoms with E-state index in [-0.39, 0.29) is 12.7 Å². The number of nitrogens with one attached hydrogen (secondary N) is 2. The molecule has 1 aliphatic heterocycles. The predicted molar refractivity (Wildman–Crippen MR) is 126 cm³/mol. The molecule has 1 aliphatic rings. The monoisotopic (exact) mass is 434 g/mol. The highest BCUT2D eigenvalue weighted by molar-refractivity contribution is 5.79. The van der Waals surface area contributed by atoms with Gasteiger partial charge in [0, 0.05) is 32.2 Å². The van der Waals surface area contributed by atoms with Gasteiger partial charge in [-0.3, -0.25) is 9.89 Å². The lowest BCUT2D eigenvalue weighted by Crippen LogP contribution is -2.47. The maximum Gasteiger partial charge on any atom is 0.191 e. The van der Waals surface area contributed by atoms with Crippen molar-refractivity contribution in [1.29, 1.82) is 0 Å². The number of guanidine groups is 1. The Bertz CT molecular complexity index is 621. The zero-order valence-corrected chi connectivity index (χ0v) is 19.7. The van der Waals surface area contributed by atoms with Crippen molar-refractivity contribution in [1.82, 2.24) is 15.5 Å². The lowest BCUT2D eigenvalue weighted by molar-refractivity contribution is -0.000620. The van der Waals surface area contributed by atoms with E-state index in [2.05, 4.69) is 29.4 Å². The largest absolute Gasteiger partial charge is 0.389 e. The predicted octanol–water partition coefficient (Wildman–Crippen LogP) is 2.43. The fourth-order valence-electron chi connectivity index (χ4n) is 3.71. The molecule has 0 aromatic heterocycles. The minimum Gasteiger partial charge on any atom is -0.389 e. The smallest absolute Gasteiger partial charge is 0.191 e. The highest BCUT2D eigenvalue weighted by Crippen LogP contribution is 2.16. The van der Waals surface area contributed by atoms with Crippen LogP contribution >= 0.6 is 0 Å². The Labute approximate surface area is 188 Å². The van der Waals surface area contributed by atoms with Crippen LogP contribution in [-0.4, -0.2) is 80.7 Å². The number of hydrogen-bond acceptors (Lipinski definition) is 5. The van der Waals surface area contributed by atoms with Crippen molar-refractivity contribution >= 4 is 5.96 Å². The van der Waals surface area contributed by atoms with Gasteiger partial charge < -0.3 is 25.2 Å². The van der Waals surface area contributed by atoms with Gasteiger partial charge in [-0.15, -0.1) is 0 Å². The van der Waals surface area contributed by atoms with Gasteiger partial charge in [0.2, 0.25) is 0 Å². The van der Waals surface area contributed by atoms with Crippen LogP contribution < -0.4 is 10.6 Å². The number of aliphatic hydroxyl groups is 1. The molecule has 3 unspecified atom stereocenters. The van der Waals surface area contributed by atoms with Gasteiger partial charge in [-0.25, -0.2) is 0 Å². The summed E-state index contributed by atoms with van der Waals surface area (Å²) < 4.78 is 11.3. The van der Waals surface area contributed by atoms with Crippen molar-refractivity contribution < 1.29 is 14.6 Å². The number of aliphatic hydroxyl groups excluding tert-OH is 1.